The summed E-state index contributed by atoms with van der Waals surface area (Å²) in [5.74, 6) is 0. The van der Waals surface area contributed by atoms with E-state index in [2.05, 4.69) is 11.9 Å². The second-order valence-corrected chi connectivity index (χ2v) is 5.17. The van der Waals surface area contributed by atoms with Crippen molar-refractivity contribution >= 4 is 0 Å². The van der Waals surface area contributed by atoms with Crippen molar-refractivity contribution in [2.24, 2.45) is 7.05 Å². The fourth-order valence-electron chi connectivity index (χ4n) is 2.30. The van der Waals surface area contributed by atoms with Crippen LogP contribution in [0.25, 0.3) is 0 Å². The zero-order chi connectivity index (χ0) is 11.4. The minimum absolute atomic E-state index is 1.34. The molecule has 4 rings (SSSR count). The molecule has 3 aliphatic heterocycles. The van der Waals surface area contributed by atoms with Gasteiger partial charge in [0.15, 0.2) is 12.4 Å². The predicted octanol–water partition coefficient (Wildman–Crippen LogP) is 0.273. The normalized spacial score (nSPS) is 31.8. The lowest BCUT2D eigenvalue weighted by Gasteiger charge is -2.48. The number of nitrogens with zero attached hydrogens (tertiary/aromatic N) is 3. The molecule has 4 heterocycles. The van der Waals surface area contributed by atoms with E-state index in [4.69, 9.17) is 0 Å². The lowest BCUT2D eigenvalue weighted by molar-refractivity contribution is -0.922. The molecule has 0 unspecified atom stereocenters. The van der Waals surface area contributed by atoms with E-state index in [9.17, 15) is 0 Å². The Hall–Kier alpha value is -0.930. The van der Waals surface area contributed by atoms with Crippen molar-refractivity contribution in [2.45, 2.75) is 0 Å². The molecule has 3 heteroatoms. The van der Waals surface area contributed by atoms with E-state index in [1.807, 2.05) is 42.2 Å². The van der Waals surface area contributed by atoms with Gasteiger partial charge in [-0.05, 0) is 0 Å². The SMILES string of the molecule is C[N+]12CCN(CC1)CC2.C[n+]1ccccc1. The third-order valence-electron chi connectivity index (χ3n) is 3.73. The van der Waals surface area contributed by atoms with Crippen LogP contribution in [0.4, 0.5) is 0 Å². The molecule has 0 aliphatic carbocycles. The van der Waals surface area contributed by atoms with Crippen LogP contribution in [0.1, 0.15) is 0 Å². The first-order valence-electron chi connectivity index (χ1n) is 6.14. The quantitative estimate of drug-likeness (QED) is 0.451. The lowest BCUT2D eigenvalue weighted by atomic mass is 10.2. The van der Waals surface area contributed by atoms with Gasteiger partial charge in [0.2, 0.25) is 0 Å². The van der Waals surface area contributed by atoms with Gasteiger partial charge in [-0.3, -0.25) is 4.90 Å². The molecule has 16 heavy (non-hydrogen) atoms. The minimum atomic E-state index is 1.34. The Morgan fingerprint density at radius 1 is 0.938 bits per heavy atom. The number of piperazine rings is 3. The third-order valence-corrected chi connectivity index (χ3v) is 3.73. The average Bonchev–Trinajstić information content (AvgIpc) is 2.32. The summed E-state index contributed by atoms with van der Waals surface area (Å²) in [5, 5.41) is 0. The molecule has 1 aromatic heterocycles. The Labute approximate surface area is 98.5 Å². The largest absolute Gasteiger partial charge is 0.323 e. The monoisotopic (exact) mass is 221 g/mol. The van der Waals surface area contributed by atoms with Crippen LogP contribution < -0.4 is 4.57 Å². The minimum Gasteiger partial charge on any atom is -0.323 e. The molecule has 0 spiro atoms. The van der Waals surface area contributed by atoms with E-state index in [0.717, 1.165) is 0 Å². The highest BCUT2D eigenvalue weighted by molar-refractivity contribution is 4.83. The first-order chi connectivity index (χ1) is 7.68. The van der Waals surface area contributed by atoms with Crippen LogP contribution in [0.2, 0.25) is 0 Å². The van der Waals surface area contributed by atoms with Gasteiger partial charge >= 0.3 is 0 Å². The van der Waals surface area contributed by atoms with Crippen LogP contribution in [0, 0.1) is 0 Å². The maximum absolute atomic E-state index is 2.57. The molecule has 3 saturated heterocycles. The first kappa shape index (κ1) is 11.6. The maximum atomic E-state index is 2.57. The van der Waals surface area contributed by atoms with Crippen LogP contribution in [0.3, 0.4) is 0 Å². The Bertz CT molecular complexity index is 301. The van der Waals surface area contributed by atoms with Gasteiger partial charge < -0.3 is 4.48 Å². The van der Waals surface area contributed by atoms with E-state index >= 15 is 0 Å². The number of aryl methyl sites for hydroxylation is 1. The number of likely N-dealkylation sites (N-methyl/N-ethyl adjacent to an activating group) is 1. The highest BCUT2D eigenvalue weighted by Gasteiger charge is 2.34. The van der Waals surface area contributed by atoms with Crippen LogP contribution in [0.5, 0.6) is 0 Å². The number of fused-ring (bicyclic) bond motifs is 3. The van der Waals surface area contributed by atoms with Crippen molar-refractivity contribution in [1.29, 1.82) is 0 Å². The highest BCUT2D eigenvalue weighted by Crippen LogP contribution is 2.15. The Balaban J connectivity index is 0.000000125. The number of aromatic nitrogens is 1. The van der Waals surface area contributed by atoms with Crippen molar-refractivity contribution in [3.8, 4) is 0 Å². The summed E-state index contributed by atoms with van der Waals surface area (Å²) < 4.78 is 3.34. The van der Waals surface area contributed by atoms with Crippen molar-refractivity contribution < 1.29 is 9.05 Å². The fourth-order valence-corrected chi connectivity index (χ4v) is 2.30. The highest BCUT2D eigenvalue weighted by atomic mass is 15.4. The second-order valence-electron chi connectivity index (χ2n) is 5.17. The number of hydrogen-bond acceptors (Lipinski definition) is 1. The standard InChI is InChI=1S/C7H15N2.C6H8N/c1-9-5-2-8(3-6-9)4-7-9;1-7-5-3-2-4-6-7/h2-7H2,1H3;2-6H,1H3/q2*+1. The molecular weight excluding hydrogens is 198 g/mol. The van der Waals surface area contributed by atoms with Crippen molar-refractivity contribution in [1.82, 2.24) is 4.90 Å². The average molecular weight is 221 g/mol. The summed E-state index contributed by atoms with van der Waals surface area (Å²) in [7, 11) is 4.39. The van der Waals surface area contributed by atoms with Gasteiger partial charge in [-0.15, -0.1) is 0 Å². The smallest absolute Gasteiger partial charge is 0.168 e. The molecule has 0 saturated carbocycles. The molecule has 3 fully saturated rings. The lowest BCUT2D eigenvalue weighted by Crippen LogP contribution is -2.65. The number of quaternary nitrogens is 1. The van der Waals surface area contributed by atoms with Gasteiger partial charge in [0.1, 0.15) is 7.05 Å². The zero-order valence-electron chi connectivity index (χ0n) is 10.5. The Kier molecular flexibility index (Phi) is 3.56. The molecule has 3 aliphatic rings. The maximum Gasteiger partial charge on any atom is 0.168 e. The third kappa shape index (κ3) is 3.03. The van der Waals surface area contributed by atoms with E-state index < -0.39 is 0 Å². The van der Waals surface area contributed by atoms with E-state index in [1.165, 1.54) is 43.8 Å². The Morgan fingerprint density at radius 2 is 1.44 bits per heavy atom. The van der Waals surface area contributed by atoms with E-state index in [0.29, 0.717) is 0 Å². The summed E-state index contributed by atoms with van der Waals surface area (Å²) in [4.78, 5) is 2.57. The Morgan fingerprint density at radius 3 is 1.69 bits per heavy atom. The molecule has 0 radical (unpaired) electrons. The molecule has 2 bridgehead atoms. The van der Waals surface area contributed by atoms with Crippen LogP contribution in [-0.4, -0.2) is 55.7 Å². The van der Waals surface area contributed by atoms with E-state index in [-0.39, 0.29) is 0 Å². The van der Waals surface area contributed by atoms with Crippen molar-refractivity contribution in [3.63, 3.8) is 0 Å². The van der Waals surface area contributed by atoms with Gasteiger partial charge in [0.05, 0.1) is 26.7 Å². The molecule has 0 N–H and O–H groups in total. The summed E-state index contributed by atoms with van der Waals surface area (Å²) in [6, 6.07) is 6.00. The van der Waals surface area contributed by atoms with Gasteiger partial charge in [0.25, 0.3) is 0 Å². The van der Waals surface area contributed by atoms with Crippen molar-refractivity contribution in [2.75, 3.05) is 46.3 Å². The summed E-state index contributed by atoms with van der Waals surface area (Å²) in [6.45, 7) is 8.20. The molecular formula is C13H23N3+2. The molecule has 3 nitrogen and oxygen atoms in total. The number of pyridine rings is 1. The summed E-state index contributed by atoms with van der Waals surface area (Å²) in [5.41, 5.74) is 0. The van der Waals surface area contributed by atoms with Crippen molar-refractivity contribution in [3.05, 3.63) is 30.6 Å². The predicted molar refractivity (Wildman–Crippen MR) is 64.8 cm³/mol. The topological polar surface area (TPSA) is 7.12 Å². The summed E-state index contributed by atoms with van der Waals surface area (Å²) >= 11 is 0. The molecule has 1 aromatic rings. The van der Waals surface area contributed by atoms with Gasteiger partial charge in [-0.1, -0.05) is 6.07 Å². The van der Waals surface area contributed by atoms with Gasteiger partial charge in [-0.2, -0.15) is 0 Å². The summed E-state index contributed by atoms with van der Waals surface area (Å²) in [6.07, 6.45) is 4.00. The van der Waals surface area contributed by atoms with Crippen LogP contribution in [0.15, 0.2) is 30.6 Å². The van der Waals surface area contributed by atoms with Gasteiger partial charge in [0, 0.05) is 31.8 Å². The molecule has 0 atom stereocenters. The zero-order valence-corrected chi connectivity index (χ0v) is 10.5. The number of hydrogen-bond donors (Lipinski definition) is 0. The molecule has 88 valence electrons. The van der Waals surface area contributed by atoms with Gasteiger partial charge in [-0.25, -0.2) is 4.57 Å². The fraction of sp³-hybridized carbons (Fsp3) is 0.615. The van der Waals surface area contributed by atoms with Crippen LogP contribution >= 0.6 is 0 Å². The van der Waals surface area contributed by atoms with E-state index in [1.54, 1.807) is 0 Å². The first-order valence-corrected chi connectivity index (χ1v) is 6.14. The second kappa shape index (κ2) is 4.93. The molecule has 0 amide bonds. The number of rotatable bonds is 0. The van der Waals surface area contributed by atoms with Crippen LogP contribution in [-0.2, 0) is 7.05 Å². The molecule has 0 aromatic carbocycles.